The maximum Gasteiger partial charge on any atom is 0.137 e. The summed E-state index contributed by atoms with van der Waals surface area (Å²) in [5.74, 6) is 1.71. The van der Waals surface area contributed by atoms with Crippen LogP contribution in [0.1, 0.15) is 46.2 Å². The summed E-state index contributed by atoms with van der Waals surface area (Å²) >= 11 is 1.97. The summed E-state index contributed by atoms with van der Waals surface area (Å²) in [5, 5.41) is 3.72. The van der Waals surface area contributed by atoms with Gasteiger partial charge in [0.2, 0.25) is 0 Å². The third-order valence-electron chi connectivity index (χ3n) is 6.09. The number of nitrogens with zero attached hydrogens (tertiary/aromatic N) is 2. The van der Waals surface area contributed by atoms with Crippen LogP contribution in [0.4, 0.5) is 5.69 Å². The number of amidine groups is 1. The standard InChI is InChI=1S/C26H29N3S/c1-18(2)24-16-22-25(30-24)15-20-10-6-7-11-23(20)28-26(22)29-13-12-27-21(17-29)14-19-8-4-3-5-9-19/h3-11,16,18,21,27H,12-15,17H2,1-2H3/t21-/m0/s1. The predicted molar refractivity (Wildman–Crippen MR) is 127 cm³/mol. The third-order valence-corrected chi connectivity index (χ3v) is 7.52. The molecular formula is C26H29N3S. The molecule has 1 N–H and O–H groups in total. The first-order valence-corrected chi connectivity index (χ1v) is 11.8. The summed E-state index contributed by atoms with van der Waals surface area (Å²) in [5.41, 5.74) is 5.20. The van der Waals surface area contributed by atoms with E-state index >= 15 is 0 Å². The number of thiophene rings is 1. The van der Waals surface area contributed by atoms with Crippen molar-refractivity contribution in [2.75, 3.05) is 19.6 Å². The lowest BCUT2D eigenvalue weighted by Gasteiger charge is -2.36. The first kappa shape index (κ1) is 19.5. The van der Waals surface area contributed by atoms with Crippen molar-refractivity contribution in [3.05, 3.63) is 87.1 Å². The number of rotatable bonds is 3. The Balaban J connectivity index is 1.49. The molecule has 4 heteroatoms. The molecule has 154 valence electrons. The van der Waals surface area contributed by atoms with Crippen LogP contribution in [-0.2, 0) is 12.8 Å². The number of piperazine rings is 1. The summed E-state index contributed by atoms with van der Waals surface area (Å²) in [4.78, 5) is 10.7. The Hall–Kier alpha value is -2.43. The van der Waals surface area contributed by atoms with E-state index in [0.29, 0.717) is 12.0 Å². The third kappa shape index (κ3) is 3.94. The van der Waals surface area contributed by atoms with Crippen molar-refractivity contribution in [1.82, 2.24) is 10.2 Å². The van der Waals surface area contributed by atoms with E-state index in [4.69, 9.17) is 4.99 Å². The molecule has 0 aliphatic carbocycles. The van der Waals surface area contributed by atoms with Crippen LogP contribution in [0.15, 0.2) is 65.7 Å². The van der Waals surface area contributed by atoms with Gasteiger partial charge in [-0.1, -0.05) is 62.4 Å². The van der Waals surface area contributed by atoms with E-state index < -0.39 is 0 Å². The monoisotopic (exact) mass is 415 g/mol. The maximum absolute atomic E-state index is 5.24. The normalized spacial score (nSPS) is 18.6. The molecule has 0 amide bonds. The van der Waals surface area contributed by atoms with Crippen LogP contribution in [0.3, 0.4) is 0 Å². The number of para-hydroxylation sites is 1. The molecule has 2 aliphatic heterocycles. The summed E-state index contributed by atoms with van der Waals surface area (Å²) in [6.07, 6.45) is 2.03. The number of fused-ring (bicyclic) bond motifs is 2. The first-order chi connectivity index (χ1) is 14.7. The van der Waals surface area contributed by atoms with Gasteiger partial charge in [-0.3, -0.25) is 0 Å². The molecule has 0 bridgehead atoms. The fourth-order valence-corrected chi connectivity index (χ4v) is 5.65. The summed E-state index contributed by atoms with van der Waals surface area (Å²) < 4.78 is 0. The lowest BCUT2D eigenvalue weighted by atomic mass is 10.0. The van der Waals surface area contributed by atoms with Gasteiger partial charge in [0, 0.05) is 47.4 Å². The molecule has 1 saturated heterocycles. The average Bonchev–Trinajstić information content (AvgIpc) is 3.11. The fraction of sp³-hybridized carbons (Fsp3) is 0.346. The molecule has 0 spiro atoms. The lowest BCUT2D eigenvalue weighted by Crippen LogP contribution is -2.53. The summed E-state index contributed by atoms with van der Waals surface area (Å²) in [6, 6.07) is 22.3. The molecule has 1 fully saturated rings. The number of nitrogens with one attached hydrogen (secondary N) is 1. The molecule has 0 radical (unpaired) electrons. The molecule has 1 aromatic heterocycles. The maximum atomic E-state index is 5.24. The Bertz CT molecular complexity index is 1050. The number of hydrogen-bond acceptors (Lipinski definition) is 4. The van der Waals surface area contributed by atoms with Gasteiger partial charge in [0.05, 0.1) is 5.69 Å². The highest BCUT2D eigenvalue weighted by Crippen LogP contribution is 2.36. The SMILES string of the molecule is CC(C)c1cc2c(s1)Cc1ccccc1N=C2N1CCN[C@@H](Cc2ccccc2)C1. The van der Waals surface area contributed by atoms with E-state index in [1.165, 1.54) is 26.4 Å². The van der Waals surface area contributed by atoms with Crippen LogP contribution in [0.5, 0.6) is 0 Å². The smallest absolute Gasteiger partial charge is 0.137 e. The van der Waals surface area contributed by atoms with Crippen LogP contribution in [-0.4, -0.2) is 36.4 Å². The second kappa shape index (κ2) is 8.37. The topological polar surface area (TPSA) is 27.6 Å². The molecule has 3 nitrogen and oxygen atoms in total. The number of aliphatic imine (C=N–C) groups is 1. The quantitative estimate of drug-likeness (QED) is 0.623. The first-order valence-electron chi connectivity index (χ1n) is 11.0. The average molecular weight is 416 g/mol. The second-order valence-electron chi connectivity index (χ2n) is 8.67. The Morgan fingerprint density at radius 2 is 1.90 bits per heavy atom. The summed E-state index contributed by atoms with van der Waals surface area (Å²) in [7, 11) is 0. The predicted octanol–water partition coefficient (Wildman–Crippen LogP) is 5.37. The van der Waals surface area contributed by atoms with Gasteiger partial charge < -0.3 is 10.2 Å². The second-order valence-corrected chi connectivity index (χ2v) is 9.84. The molecule has 1 atom stereocenters. The largest absolute Gasteiger partial charge is 0.353 e. The van der Waals surface area contributed by atoms with Crippen LogP contribution in [0.2, 0.25) is 0 Å². The van der Waals surface area contributed by atoms with Gasteiger partial charge in [0.15, 0.2) is 0 Å². The molecule has 5 rings (SSSR count). The van der Waals surface area contributed by atoms with E-state index in [9.17, 15) is 0 Å². The van der Waals surface area contributed by atoms with Crippen LogP contribution in [0, 0.1) is 0 Å². The lowest BCUT2D eigenvalue weighted by molar-refractivity contribution is 0.290. The van der Waals surface area contributed by atoms with Gasteiger partial charge in [-0.2, -0.15) is 0 Å². The molecule has 3 aromatic rings. The van der Waals surface area contributed by atoms with Crippen LogP contribution >= 0.6 is 11.3 Å². The molecular weight excluding hydrogens is 386 g/mol. The van der Waals surface area contributed by atoms with Crippen LogP contribution < -0.4 is 5.32 Å². The highest BCUT2D eigenvalue weighted by Gasteiger charge is 2.28. The Labute approximate surface area is 183 Å². The van der Waals surface area contributed by atoms with E-state index in [1.54, 1.807) is 0 Å². The molecule has 30 heavy (non-hydrogen) atoms. The Morgan fingerprint density at radius 1 is 1.10 bits per heavy atom. The number of benzene rings is 2. The zero-order chi connectivity index (χ0) is 20.5. The van der Waals surface area contributed by atoms with E-state index in [2.05, 4.69) is 84.7 Å². The van der Waals surface area contributed by atoms with Gasteiger partial charge in [-0.05, 0) is 35.6 Å². The van der Waals surface area contributed by atoms with Gasteiger partial charge in [-0.25, -0.2) is 4.99 Å². The van der Waals surface area contributed by atoms with Crippen molar-refractivity contribution >= 4 is 22.9 Å². The Kier molecular flexibility index (Phi) is 5.45. The van der Waals surface area contributed by atoms with Crippen molar-refractivity contribution in [3.63, 3.8) is 0 Å². The number of hydrogen-bond donors (Lipinski definition) is 1. The summed E-state index contributed by atoms with van der Waals surface area (Å²) in [6.45, 7) is 7.56. The molecule has 2 aliphatic rings. The Morgan fingerprint density at radius 3 is 2.73 bits per heavy atom. The van der Waals surface area contributed by atoms with E-state index in [1.807, 2.05) is 11.3 Å². The van der Waals surface area contributed by atoms with E-state index in [-0.39, 0.29) is 0 Å². The molecule has 0 unspecified atom stereocenters. The minimum absolute atomic E-state index is 0.439. The highest BCUT2D eigenvalue weighted by atomic mass is 32.1. The minimum atomic E-state index is 0.439. The van der Waals surface area contributed by atoms with Crippen molar-refractivity contribution in [1.29, 1.82) is 0 Å². The van der Waals surface area contributed by atoms with Crippen molar-refractivity contribution in [2.45, 2.75) is 38.6 Å². The minimum Gasteiger partial charge on any atom is -0.353 e. The highest BCUT2D eigenvalue weighted by molar-refractivity contribution is 7.12. The van der Waals surface area contributed by atoms with Crippen molar-refractivity contribution in [2.24, 2.45) is 4.99 Å². The van der Waals surface area contributed by atoms with Crippen LogP contribution in [0.25, 0.3) is 0 Å². The van der Waals surface area contributed by atoms with Gasteiger partial charge in [0.1, 0.15) is 5.84 Å². The molecule has 2 aromatic carbocycles. The van der Waals surface area contributed by atoms with Gasteiger partial charge >= 0.3 is 0 Å². The fourth-order valence-electron chi connectivity index (χ4n) is 4.47. The van der Waals surface area contributed by atoms with E-state index in [0.717, 1.165) is 44.0 Å². The zero-order valence-electron chi connectivity index (χ0n) is 17.8. The van der Waals surface area contributed by atoms with Crippen molar-refractivity contribution < 1.29 is 0 Å². The molecule has 0 saturated carbocycles. The molecule has 3 heterocycles. The van der Waals surface area contributed by atoms with Crippen molar-refractivity contribution in [3.8, 4) is 0 Å². The van der Waals surface area contributed by atoms with Gasteiger partial charge in [0.25, 0.3) is 0 Å². The van der Waals surface area contributed by atoms with Gasteiger partial charge in [-0.15, -0.1) is 11.3 Å². The zero-order valence-corrected chi connectivity index (χ0v) is 18.6.